The van der Waals surface area contributed by atoms with Crippen molar-refractivity contribution in [2.75, 3.05) is 46.4 Å². The quantitative estimate of drug-likeness (QED) is 0.396. The molecule has 1 saturated carbocycles. The summed E-state index contributed by atoms with van der Waals surface area (Å²) in [5.41, 5.74) is 6.65. The molecule has 4 aliphatic heterocycles. The van der Waals surface area contributed by atoms with Crippen molar-refractivity contribution >= 4 is 16.1 Å². The van der Waals surface area contributed by atoms with E-state index in [4.69, 9.17) is 4.74 Å². The van der Waals surface area contributed by atoms with Gasteiger partial charge >= 0.3 is 6.09 Å². The Morgan fingerprint density at radius 2 is 2.03 bits per heavy atom. The predicted octanol–water partition coefficient (Wildman–Crippen LogP) is -1.39. The van der Waals surface area contributed by atoms with Crippen molar-refractivity contribution in [1.82, 2.24) is 35.8 Å². The molecule has 5 fully saturated rings. The number of sulfonamides is 1. The minimum absolute atomic E-state index is 0.00317. The lowest BCUT2D eigenvalue weighted by Crippen LogP contribution is -2.57. The Bertz CT molecular complexity index is 781. The molecule has 11 nitrogen and oxygen atoms in total. The maximum Gasteiger partial charge on any atom is 0.410 e. The molecule has 5 rings (SSSR count). The standard InChI is InChI=1S/C19H35N7O4S/c1-24-18-13(10-21-24)3-2-4-16(18)23-31(28,29)15-11-22-26(12-15)17-9-14(5-6-20-17)25-7-8-30-19(25)27/h13-18,20-23H,2-12H2,1H3. The summed E-state index contributed by atoms with van der Waals surface area (Å²) < 4.78 is 34.6. The maximum atomic E-state index is 13.2. The first-order valence-electron chi connectivity index (χ1n) is 11.6. The van der Waals surface area contributed by atoms with Crippen LogP contribution in [0.25, 0.3) is 0 Å². The van der Waals surface area contributed by atoms with Gasteiger partial charge in [-0.3, -0.25) is 10.9 Å². The van der Waals surface area contributed by atoms with Gasteiger partial charge in [-0.2, -0.15) is 0 Å². The number of carbonyl (C=O) groups excluding carboxylic acids is 1. The second kappa shape index (κ2) is 8.73. The first kappa shape index (κ1) is 21.8. The molecule has 0 radical (unpaired) electrons. The third-order valence-corrected chi connectivity index (χ3v) is 9.50. The second-order valence-electron chi connectivity index (χ2n) is 9.52. The van der Waals surface area contributed by atoms with Crippen LogP contribution in [0.3, 0.4) is 0 Å². The summed E-state index contributed by atoms with van der Waals surface area (Å²) in [6.45, 7) is 3.64. The summed E-state index contributed by atoms with van der Waals surface area (Å²) in [7, 11) is -1.44. The van der Waals surface area contributed by atoms with Crippen LogP contribution in [0.2, 0.25) is 0 Å². The van der Waals surface area contributed by atoms with E-state index in [2.05, 4.69) is 25.9 Å². The fraction of sp³-hybridized carbons (Fsp3) is 0.947. The molecule has 4 N–H and O–H groups in total. The fourth-order valence-corrected chi connectivity index (χ4v) is 7.55. The first-order chi connectivity index (χ1) is 14.9. The number of hydrogen-bond donors (Lipinski definition) is 4. The Hall–Kier alpha value is -1.02. The molecule has 4 heterocycles. The van der Waals surface area contributed by atoms with Gasteiger partial charge in [0.15, 0.2) is 0 Å². The lowest BCUT2D eigenvalue weighted by molar-refractivity contribution is 0.0755. The summed E-state index contributed by atoms with van der Waals surface area (Å²) in [6, 6.07) is 0.299. The third kappa shape index (κ3) is 4.31. The van der Waals surface area contributed by atoms with Crippen LogP contribution in [0, 0.1) is 5.92 Å². The summed E-state index contributed by atoms with van der Waals surface area (Å²) in [4.78, 5) is 13.7. The van der Waals surface area contributed by atoms with Gasteiger partial charge in [0.05, 0.1) is 12.7 Å². The van der Waals surface area contributed by atoms with Crippen LogP contribution in [0.15, 0.2) is 0 Å². The van der Waals surface area contributed by atoms with Crippen molar-refractivity contribution < 1.29 is 17.9 Å². The van der Waals surface area contributed by atoms with E-state index >= 15 is 0 Å². The van der Waals surface area contributed by atoms with Crippen molar-refractivity contribution in [1.29, 1.82) is 0 Å². The molecule has 12 heteroatoms. The minimum Gasteiger partial charge on any atom is -0.448 e. The van der Waals surface area contributed by atoms with Gasteiger partial charge in [-0.05, 0) is 38.1 Å². The van der Waals surface area contributed by atoms with E-state index in [-0.39, 0.29) is 30.4 Å². The Labute approximate surface area is 184 Å². The average molecular weight is 458 g/mol. The third-order valence-electron chi connectivity index (χ3n) is 7.67. The molecule has 0 aromatic carbocycles. The number of fused-ring (bicyclic) bond motifs is 1. The SMILES string of the molecule is CN1NCC2CCCC(NS(=O)(=O)C3CNN(C4CC(N5CCOC5=O)CCN4)C3)C21. The summed E-state index contributed by atoms with van der Waals surface area (Å²) in [5.74, 6) is 0.505. The van der Waals surface area contributed by atoms with Crippen LogP contribution in [0.4, 0.5) is 4.79 Å². The number of hydrazine groups is 2. The maximum absolute atomic E-state index is 13.2. The van der Waals surface area contributed by atoms with Gasteiger partial charge in [0.2, 0.25) is 10.0 Å². The molecule has 0 aromatic heterocycles. The normalized spacial score (nSPS) is 40.3. The highest BCUT2D eigenvalue weighted by atomic mass is 32.2. The number of carbonyl (C=O) groups is 1. The van der Waals surface area contributed by atoms with Gasteiger partial charge in [-0.25, -0.2) is 28.0 Å². The number of nitrogens with zero attached hydrogens (tertiary/aromatic N) is 3. The van der Waals surface area contributed by atoms with Crippen molar-refractivity contribution in [2.45, 2.75) is 61.6 Å². The van der Waals surface area contributed by atoms with E-state index in [0.29, 0.717) is 32.2 Å². The molecule has 0 aromatic rings. The number of cyclic esters (lactones) is 1. The summed E-state index contributed by atoms with van der Waals surface area (Å²) in [6.07, 6.45) is 4.50. The van der Waals surface area contributed by atoms with E-state index < -0.39 is 15.3 Å². The monoisotopic (exact) mass is 457 g/mol. The molecular formula is C19H35N7O4S. The second-order valence-corrected chi connectivity index (χ2v) is 11.5. The van der Waals surface area contributed by atoms with Crippen molar-refractivity contribution in [3.8, 4) is 0 Å². The van der Waals surface area contributed by atoms with Crippen molar-refractivity contribution in [3.05, 3.63) is 0 Å². The van der Waals surface area contributed by atoms with E-state index in [9.17, 15) is 13.2 Å². The minimum atomic E-state index is -3.45. The molecule has 31 heavy (non-hydrogen) atoms. The van der Waals surface area contributed by atoms with Crippen molar-refractivity contribution in [3.63, 3.8) is 0 Å². The van der Waals surface area contributed by atoms with Gasteiger partial charge in [0.1, 0.15) is 11.9 Å². The summed E-state index contributed by atoms with van der Waals surface area (Å²) >= 11 is 0. The lowest BCUT2D eigenvalue weighted by Gasteiger charge is -2.38. The lowest BCUT2D eigenvalue weighted by atomic mass is 9.82. The zero-order chi connectivity index (χ0) is 21.6. The largest absolute Gasteiger partial charge is 0.448 e. The molecule has 4 saturated heterocycles. The Morgan fingerprint density at radius 3 is 2.84 bits per heavy atom. The van der Waals surface area contributed by atoms with Crippen LogP contribution in [-0.2, 0) is 14.8 Å². The molecule has 1 aliphatic carbocycles. The van der Waals surface area contributed by atoms with Crippen LogP contribution in [0.5, 0.6) is 0 Å². The molecule has 5 aliphatic rings. The zero-order valence-corrected chi connectivity index (χ0v) is 18.9. The highest BCUT2D eigenvalue weighted by Gasteiger charge is 2.45. The molecular weight excluding hydrogens is 422 g/mol. The van der Waals surface area contributed by atoms with Gasteiger partial charge in [0.25, 0.3) is 0 Å². The van der Waals surface area contributed by atoms with Gasteiger partial charge in [-0.15, -0.1) is 0 Å². The topological polar surface area (TPSA) is 118 Å². The molecule has 6 atom stereocenters. The van der Waals surface area contributed by atoms with E-state index in [1.165, 1.54) is 0 Å². The number of ether oxygens (including phenoxy) is 1. The molecule has 1 amide bonds. The zero-order valence-electron chi connectivity index (χ0n) is 18.1. The number of amides is 1. The van der Waals surface area contributed by atoms with Gasteiger partial charge in [-0.1, -0.05) is 6.42 Å². The van der Waals surface area contributed by atoms with E-state index in [0.717, 1.165) is 45.2 Å². The van der Waals surface area contributed by atoms with Crippen LogP contribution >= 0.6 is 0 Å². The molecule has 176 valence electrons. The number of piperidine rings is 1. The first-order valence-corrected chi connectivity index (χ1v) is 13.1. The number of nitrogens with one attached hydrogen (secondary N) is 4. The molecule has 0 bridgehead atoms. The Balaban J connectivity index is 1.19. The van der Waals surface area contributed by atoms with Crippen LogP contribution in [0.1, 0.15) is 32.1 Å². The fourth-order valence-electron chi connectivity index (χ4n) is 6.03. The van der Waals surface area contributed by atoms with Crippen molar-refractivity contribution in [2.24, 2.45) is 5.92 Å². The number of rotatable bonds is 5. The van der Waals surface area contributed by atoms with Gasteiger partial charge < -0.3 is 15.0 Å². The summed E-state index contributed by atoms with van der Waals surface area (Å²) in [5, 5.41) is 7.07. The Kier molecular flexibility index (Phi) is 6.14. The highest BCUT2D eigenvalue weighted by Crippen LogP contribution is 2.31. The predicted molar refractivity (Wildman–Crippen MR) is 114 cm³/mol. The van der Waals surface area contributed by atoms with Gasteiger partial charge in [0, 0.05) is 44.8 Å². The molecule has 0 spiro atoms. The number of hydrogen-bond acceptors (Lipinski definition) is 9. The van der Waals surface area contributed by atoms with E-state index in [1.54, 1.807) is 0 Å². The average Bonchev–Trinajstić information content (AvgIpc) is 3.49. The molecule has 6 unspecified atom stereocenters. The van der Waals surface area contributed by atoms with E-state index in [1.807, 2.05) is 17.0 Å². The number of likely N-dealkylation sites (N-methyl/N-ethyl adjacent to an activating group) is 1. The Morgan fingerprint density at radius 1 is 1.16 bits per heavy atom. The van der Waals surface area contributed by atoms with Crippen LogP contribution in [-0.4, -0.2) is 105 Å². The smallest absolute Gasteiger partial charge is 0.410 e. The highest BCUT2D eigenvalue weighted by molar-refractivity contribution is 7.90. The van der Waals surface area contributed by atoms with Crippen LogP contribution < -0.4 is 20.9 Å².